The van der Waals surface area contributed by atoms with Gasteiger partial charge >= 0.3 is 5.97 Å². The van der Waals surface area contributed by atoms with Crippen LogP contribution in [0.5, 0.6) is 0 Å². The van der Waals surface area contributed by atoms with Crippen LogP contribution < -0.4 is 5.32 Å². The van der Waals surface area contributed by atoms with Gasteiger partial charge in [-0.1, -0.05) is 0 Å². The van der Waals surface area contributed by atoms with Crippen LogP contribution in [0.2, 0.25) is 0 Å². The molecule has 1 atom stereocenters. The Bertz CT molecular complexity index is 381. The summed E-state index contributed by atoms with van der Waals surface area (Å²) >= 11 is 0. The number of nitrogens with one attached hydrogen (secondary N) is 1. The molecule has 0 spiro atoms. The minimum absolute atomic E-state index is 0.0191. The van der Waals surface area contributed by atoms with Crippen molar-refractivity contribution in [3.8, 4) is 0 Å². The van der Waals surface area contributed by atoms with Crippen LogP contribution in [-0.2, 0) is 16.0 Å². The van der Waals surface area contributed by atoms with Crippen molar-refractivity contribution in [2.45, 2.75) is 32.2 Å². The molecular formula is C11H15N3O3. The van der Waals surface area contributed by atoms with Crippen LogP contribution in [0.4, 0.5) is 0 Å². The zero-order valence-corrected chi connectivity index (χ0v) is 9.59. The van der Waals surface area contributed by atoms with E-state index in [1.54, 1.807) is 18.6 Å². The largest absolute Gasteiger partial charge is 0.481 e. The molecule has 6 heteroatoms. The smallest absolute Gasteiger partial charge is 0.303 e. The first-order valence-corrected chi connectivity index (χ1v) is 5.31. The van der Waals surface area contributed by atoms with E-state index >= 15 is 0 Å². The summed E-state index contributed by atoms with van der Waals surface area (Å²) in [7, 11) is 0. The van der Waals surface area contributed by atoms with E-state index in [4.69, 9.17) is 5.11 Å². The average molecular weight is 237 g/mol. The number of nitrogens with zero attached hydrogens (tertiary/aromatic N) is 2. The predicted octanol–water partition coefficient (Wildman–Crippen LogP) is 0.389. The molecule has 2 N–H and O–H groups in total. The second-order valence-corrected chi connectivity index (χ2v) is 3.73. The molecule has 0 aliphatic carbocycles. The van der Waals surface area contributed by atoms with Gasteiger partial charge in [0.25, 0.3) is 0 Å². The van der Waals surface area contributed by atoms with Gasteiger partial charge in [0.1, 0.15) is 0 Å². The minimum Gasteiger partial charge on any atom is -0.481 e. The van der Waals surface area contributed by atoms with Crippen molar-refractivity contribution >= 4 is 11.9 Å². The Morgan fingerprint density at radius 2 is 2.24 bits per heavy atom. The van der Waals surface area contributed by atoms with Crippen LogP contribution in [-0.4, -0.2) is 33.0 Å². The zero-order valence-electron chi connectivity index (χ0n) is 9.59. The summed E-state index contributed by atoms with van der Waals surface area (Å²) in [5.41, 5.74) is 0.733. The van der Waals surface area contributed by atoms with Gasteiger partial charge in [0, 0.05) is 44.4 Å². The molecule has 0 radical (unpaired) electrons. The number of hydrogen-bond donors (Lipinski definition) is 2. The second kappa shape index (κ2) is 6.57. The maximum atomic E-state index is 11.0. The number of aromatic nitrogens is 2. The fourth-order valence-corrected chi connectivity index (χ4v) is 1.50. The van der Waals surface area contributed by atoms with Crippen molar-refractivity contribution in [2.75, 3.05) is 0 Å². The maximum absolute atomic E-state index is 11.0. The monoisotopic (exact) mass is 237 g/mol. The second-order valence-electron chi connectivity index (χ2n) is 3.73. The SMILES string of the molecule is CC(=O)NC(CCC(=O)O)Cc1cnccn1. The number of amides is 1. The van der Waals surface area contributed by atoms with Gasteiger partial charge in [-0.15, -0.1) is 0 Å². The normalized spacial score (nSPS) is 11.8. The Labute approximate surface area is 99.1 Å². The van der Waals surface area contributed by atoms with Gasteiger partial charge < -0.3 is 10.4 Å². The summed E-state index contributed by atoms with van der Waals surface area (Å²) in [5.74, 6) is -1.05. The van der Waals surface area contributed by atoms with Crippen molar-refractivity contribution in [3.05, 3.63) is 24.3 Å². The number of rotatable bonds is 6. The van der Waals surface area contributed by atoms with Gasteiger partial charge in [-0.3, -0.25) is 19.6 Å². The van der Waals surface area contributed by atoms with Crippen LogP contribution in [0.3, 0.4) is 0 Å². The van der Waals surface area contributed by atoms with Crippen molar-refractivity contribution in [3.63, 3.8) is 0 Å². The first-order chi connectivity index (χ1) is 8.08. The number of carbonyl (C=O) groups excluding carboxylic acids is 1. The van der Waals surface area contributed by atoms with Crippen LogP contribution in [0.15, 0.2) is 18.6 Å². The molecule has 1 aromatic heterocycles. The van der Waals surface area contributed by atoms with E-state index in [1.165, 1.54) is 6.92 Å². The summed E-state index contributed by atoms with van der Waals surface area (Å²) in [4.78, 5) is 29.5. The van der Waals surface area contributed by atoms with E-state index in [1.807, 2.05) is 0 Å². The van der Waals surface area contributed by atoms with Gasteiger partial charge in [0.05, 0.1) is 5.69 Å². The first kappa shape index (κ1) is 13.1. The van der Waals surface area contributed by atoms with Crippen molar-refractivity contribution in [1.82, 2.24) is 15.3 Å². The van der Waals surface area contributed by atoms with E-state index < -0.39 is 5.97 Å². The van der Waals surface area contributed by atoms with Gasteiger partial charge in [0.2, 0.25) is 5.91 Å². The summed E-state index contributed by atoms with van der Waals surface area (Å²) < 4.78 is 0. The third-order valence-corrected chi connectivity index (χ3v) is 2.19. The van der Waals surface area contributed by atoms with Crippen LogP contribution in [0, 0.1) is 0 Å². The number of aliphatic carboxylic acids is 1. The van der Waals surface area contributed by atoms with Crippen LogP contribution in [0.25, 0.3) is 0 Å². The Kier molecular flexibility index (Phi) is 5.06. The first-order valence-electron chi connectivity index (χ1n) is 5.31. The highest BCUT2D eigenvalue weighted by Crippen LogP contribution is 2.04. The summed E-state index contributed by atoms with van der Waals surface area (Å²) in [5, 5.41) is 11.3. The lowest BCUT2D eigenvalue weighted by Gasteiger charge is -2.16. The Morgan fingerprint density at radius 3 is 2.76 bits per heavy atom. The Hall–Kier alpha value is -1.98. The molecule has 0 saturated heterocycles. The van der Waals surface area contributed by atoms with Crippen molar-refractivity contribution in [1.29, 1.82) is 0 Å². The average Bonchev–Trinajstić information content (AvgIpc) is 2.26. The zero-order chi connectivity index (χ0) is 12.7. The molecule has 92 valence electrons. The summed E-state index contributed by atoms with van der Waals surface area (Å²) in [6, 6.07) is -0.222. The molecule has 1 rings (SSSR count). The lowest BCUT2D eigenvalue weighted by atomic mass is 10.1. The number of carbonyl (C=O) groups is 2. The molecule has 1 heterocycles. The van der Waals surface area contributed by atoms with Crippen LogP contribution >= 0.6 is 0 Å². The van der Waals surface area contributed by atoms with Crippen molar-refractivity contribution < 1.29 is 14.7 Å². The third-order valence-electron chi connectivity index (χ3n) is 2.19. The molecule has 1 aromatic rings. The van der Waals surface area contributed by atoms with E-state index in [9.17, 15) is 9.59 Å². The third kappa shape index (κ3) is 5.60. The summed E-state index contributed by atoms with van der Waals surface area (Å²) in [6.07, 6.45) is 5.62. The summed E-state index contributed by atoms with van der Waals surface area (Å²) in [6.45, 7) is 1.41. The molecule has 0 fully saturated rings. The highest BCUT2D eigenvalue weighted by molar-refractivity contribution is 5.73. The van der Waals surface area contributed by atoms with Crippen LogP contribution in [0.1, 0.15) is 25.5 Å². The molecule has 17 heavy (non-hydrogen) atoms. The number of hydrogen-bond acceptors (Lipinski definition) is 4. The molecule has 0 saturated carbocycles. The predicted molar refractivity (Wildman–Crippen MR) is 60.2 cm³/mol. The fraction of sp³-hybridized carbons (Fsp3) is 0.455. The molecule has 6 nitrogen and oxygen atoms in total. The lowest BCUT2D eigenvalue weighted by molar-refractivity contribution is -0.137. The van der Waals surface area contributed by atoms with Gasteiger partial charge in [-0.2, -0.15) is 0 Å². The number of carboxylic acids is 1. The molecule has 1 amide bonds. The van der Waals surface area contributed by atoms with Gasteiger partial charge in [0.15, 0.2) is 0 Å². The maximum Gasteiger partial charge on any atom is 0.303 e. The van der Waals surface area contributed by atoms with Crippen molar-refractivity contribution in [2.24, 2.45) is 0 Å². The Morgan fingerprint density at radius 1 is 1.47 bits per heavy atom. The lowest BCUT2D eigenvalue weighted by Crippen LogP contribution is -2.35. The molecule has 0 aliphatic heterocycles. The minimum atomic E-state index is -0.875. The highest BCUT2D eigenvalue weighted by Gasteiger charge is 2.13. The van der Waals surface area contributed by atoms with E-state index in [0.717, 1.165) is 5.69 Å². The van der Waals surface area contributed by atoms with E-state index in [0.29, 0.717) is 12.8 Å². The Balaban J connectivity index is 2.56. The topological polar surface area (TPSA) is 92.2 Å². The standard InChI is InChI=1S/C11H15N3O3/c1-8(15)14-9(2-3-11(16)17)6-10-7-12-4-5-13-10/h4-5,7,9H,2-3,6H2,1H3,(H,14,15)(H,16,17). The van der Waals surface area contributed by atoms with E-state index in [-0.39, 0.29) is 18.4 Å². The quantitative estimate of drug-likeness (QED) is 0.746. The molecule has 1 unspecified atom stereocenters. The molecular weight excluding hydrogens is 222 g/mol. The molecule has 0 aromatic carbocycles. The fourth-order valence-electron chi connectivity index (χ4n) is 1.50. The number of carboxylic acid groups (broad SMARTS) is 1. The molecule has 0 bridgehead atoms. The molecule has 0 aliphatic rings. The highest BCUT2D eigenvalue weighted by atomic mass is 16.4. The van der Waals surface area contributed by atoms with Gasteiger partial charge in [-0.05, 0) is 6.42 Å². The van der Waals surface area contributed by atoms with Gasteiger partial charge in [-0.25, -0.2) is 0 Å². The van der Waals surface area contributed by atoms with E-state index in [2.05, 4.69) is 15.3 Å².